The highest BCUT2D eigenvalue weighted by atomic mass is 16.5. The minimum atomic E-state index is -1.22. The zero-order chi connectivity index (χ0) is 14.3. The summed E-state index contributed by atoms with van der Waals surface area (Å²) in [4.78, 5) is 36.9. The molecule has 1 aromatic heterocycles. The van der Waals surface area contributed by atoms with Crippen molar-refractivity contribution in [2.45, 2.75) is 0 Å². The zero-order valence-electron chi connectivity index (χ0n) is 10.1. The van der Waals surface area contributed by atoms with E-state index in [1.165, 1.54) is 25.4 Å². The molecular formula is C12H12N2O5. The number of amides is 1. The van der Waals surface area contributed by atoms with E-state index in [1.807, 2.05) is 0 Å². The Kier molecular flexibility index (Phi) is 5.21. The van der Waals surface area contributed by atoms with Gasteiger partial charge < -0.3 is 15.2 Å². The first kappa shape index (κ1) is 14.4. The summed E-state index contributed by atoms with van der Waals surface area (Å²) in [6.45, 7) is -0.284. The van der Waals surface area contributed by atoms with Crippen LogP contribution in [0.4, 0.5) is 0 Å². The maximum absolute atomic E-state index is 11.7. The lowest BCUT2D eigenvalue weighted by Gasteiger charge is -2.04. The normalized spacial score (nSPS) is 10.2. The number of carbonyl (C=O) groups is 3. The quantitative estimate of drug-likeness (QED) is 0.702. The van der Waals surface area contributed by atoms with Crippen LogP contribution >= 0.6 is 0 Å². The summed E-state index contributed by atoms with van der Waals surface area (Å²) < 4.78 is 4.86. The summed E-state index contributed by atoms with van der Waals surface area (Å²) in [6, 6.07) is 2.89. The molecule has 1 amide bonds. The van der Waals surface area contributed by atoms with Crippen molar-refractivity contribution in [2.75, 3.05) is 13.7 Å². The monoisotopic (exact) mass is 264 g/mol. The number of pyridine rings is 1. The number of methoxy groups -OCH3 is 1. The van der Waals surface area contributed by atoms with Gasteiger partial charge >= 0.3 is 5.97 Å². The molecule has 0 aliphatic heterocycles. The van der Waals surface area contributed by atoms with Crippen LogP contribution < -0.4 is 10.1 Å². The Labute approximate surface area is 108 Å². The van der Waals surface area contributed by atoms with Gasteiger partial charge in [0.15, 0.2) is 5.78 Å². The van der Waals surface area contributed by atoms with Crippen LogP contribution in [0.3, 0.4) is 0 Å². The number of hydrogen-bond donors (Lipinski definition) is 2. The Hall–Kier alpha value is -2.70. The van der Waals surface area contributed by atoms with Crippen LogP contribution in [0.1, 0.15) is 10.4 Å². The number of nitrogens with one attached hydrogen (secondary N) is 1. The summed E-state index contributed by atoms with van der Waals surface area (Å²) in [7, 11) is 1.42. The Morgan fingerprint density at radius 2 is 2.16 bits per heavy atom. The smallest absolute Gasteiger partial charge is 0.328 e. The number of carboxylic acids is 1. The Bertz CT molecular complexity index is 525. The largest absolute Gasteiger partial charge is 0.481 e. The molecular weight excluding hydrogens is 252 g/mol. The van der Waals surface area contributed by atoms with E-state index >= 15 is 0 Å². The number of ketones is 1. The van der Waals surface area contributed by atoms with Gasteiger partial charge in [0.05, 0.1) is 13.7 Å². The van der Waals surface area contributed by atoms with Crippen LogP contribution in [0.25, 0.3) is 0 Å². The van der Waals surface area contributed by atoms with E-state index < -0.39 is 17.7 Å². The van der Waals surface area contributed by atoms with Crippen molar-refractivity contribution in [2.24, 2.45) is 0 Å². The molecule has 0 unspecified atom stereocenters. The highest BCUT2D eigenvalue weighted by Gasteiger charge is 2.08. The minimum absolute atomic E-state index is 0.282. The maximum Gasteiger partial charge on any atom is 0.328 e. The van der Waals surface area contributed by atoms with Gasteiger partial charge in [0.25, 0.3) is 5.91 Å². The van der Waals surface area contributed by atoms with E-state index in [0.29, 0.717) is 11.6 Å². The second kappa shape index (κ2) is 6.90. The number of hydrogen-bond acceptors (Lipinski definition) is 5. The molecule has 0 bridgehead atoms. The lowest BCUT2D eigenvalue weighted by Crippen LogP contribution is -2.28. The molecule has 19 heavy (non-hydrogen) atoms. The number of rotatable bonds is 6. The van der Waals surface area contributed by atoms with Crippen LogP contribution in [0, 0.1) is 0 Å². The van der Waals surface area contributed by atoms with Crippen LogP contribution in [0.5, 0.6) is 5.88 Å². The molecule has 1 aromatic rings. The third-order valence-electron chi connectivity index (χ3n) is 2.04. The van der Waals surface area contributed by atoms with Gasteiger partial charge in [-0.3, -0.25) is 9.59 Å². The molecule has 0 fully saturated rings. The molecule has 0 aromatic carbocycles. The number of ether oxygens (including phenoxy) is 1. The van der Waals surface area contributed by atoms with Crippen molar-refractivity contribution in [3.05, 3.63) is 36.0 Å². The number of nitrogens with zero attached hydrogens (tertiary/aromatic N) is 1. The molecule has 0 radical (unpaired) electrons. The second-order valence-corrected chi connectivity index (χ2v) is 3.41. The molecule has 1 heterocycles. The minimum Gasteiger partial charge on any atom is -0.481 e. The van der Waals surface area contributed by atoms with Gasteiger partial charge in [-0.2, -0.15) is 0 Å². The molecule has 7 nitrogen and oxygen atoms in total. The van der Waals surface area contributed by atoms with Crippen LogP contribution in [-0.4, -0.2) is 41.4 Å². The van der Waals surface area contributed by atoms with E-state index in [1.54, 1.807) is 0 Å². The van der Waals surface area contributed by atoms with Crippen LogP contribution in [0.2, 0.25) is 0 Å². The average molecular weight is 264 g/mol. The van der Waals surface area contributed by atoms with E-state index in [4.69, 9.17) is 9.84 Å². The van der Waals surface area contributed by atoms with E-state index in [9.17, 15) is 14.4 Å². The first-order valence-corrected chi connectivity index (χ1v) is 5.25. The Balaban J connectivity index is 2.55. The first-order valence-electron chi connectivity index (χ1n) is 5.25. The summed E-state index contributed by atoms with van der Waals surface area (Å²) in [5.74, 6) is -1.93. The summed E-state index contributed by atoms with van der Waals surface area (Å²) in [5, 5.41) is 10.7. The van der Waals surface area contributed by atoms with E-state index in [0.717, 1.165) is 6.08 Å². The van der Waals surface area contributed by atoms with Crippen LogP contribution in [0.15, 0.2) is 30.5 Å². The fourth-order valence-electron chi connectivity index (χ4n) is 1.15. The highest BCUT2D eigenvalue weighted by Crippen LogP contribution is 2.07. The lowest BCUT2D eigenvalue weighted by molar-refractivity contribution is -0.131. The van der Waals surface area contributed by atoms with Crippen molar-refractivity contribution in [1.29, 1.82) is 0 Å². The number of aliphatic carboxylic acids is 1. The molecule has 100 valence electrons. The predicted octanol–water partition coefficient (Wildman–Crippen LogP) is 0.0299. The SMILES string of the molecule is COc1cc(C(=O)NCC(=O)/C=C\C(=O)O)ccn1. The molecule has 0 saturated heterocycles. The van der Waals surface area contributed by atoms with Crippen molar-refractivity contribution in [3.63, 3.8) is 0 Å². The topological polar surface area (TPSA) is 106 Å². The molecule has 0 spiro atoms. The van der Waals surface area contributed by atoms with Crippen molar-refractivity contribution in [1.82, 2.24) is 10.3 Å². The summed E-state index contributed by atoms with van der Waals surface area (Å²) in [5.41, 5.74) is 0.293. The van der Waals surface area contributed by atoms with E-state index in [2.05, 4.69) is 10.3 Å². The second-order valence-electron chi connectivity index (χ2n) is 3.41. The third kappa shape index (κ3) is 4.99. The highest BCUT2D eigenvalue weighted by molar-refractivity contribution is 6.01. The van der Waals surface area contributed by atoms with Crippen molar-refractivity contribution >= 4 is 17.7 Å². The lowest BCUT2D eigenvalue weighted by atomic mass is 10.2. The van der Waals surface area contributed by atoms with Gasteiger partial charge in [0.1, 0.15) is 0 Å². The molecule has 0 aliphatic rings. The molecule has 0 saturated carbocycles. The van der Waals surface area contributed by atoms with Gasteiger partial charge in [-0.05, 0) is 12.1 Å². The summed E-state index contributed by atoms with van der Waals surface area (Å²) in [6.07, 6.45) is 3.00. The molecule has 0 atom stereocenters. The van der Waals surface area contributed by atoms with Gasteiger partial charge in [0.2, 0.25) is 5.88 Å². The summed E-state index contributed by atoms with van der Waals surface area (Å²) >= 11 is 0. The fourth-order valence-corrected chi connectivity index (χ4v) is 1.15. The molecule has 2 N–H and O–H groups in total. The van der Waals surface area contributed by atoms with E-state index in [-0.39, 0.29) is 12.4 Å². The number of aromatic nitrogens is 1. The zero-order valence-corrected chi connectivity index (χ0v) is 10.1. The number of carbonyl (C=O) groups excluding carboxylic acids is 2. The van der Waals surface area contributed by atoms with Gasteiger partial charge in [-0.1, -0.05) is 0 Å². The third-order valence-corrected chi connectivity index (χ3v) is 2.04. The first-order chi connectivity index (χ1) is 9.02. The standard InChI is InChI=1S/C12H12N2O5/c1-19-10-6-8(4-5-13-10)12(18)14-7-9(15)2-3-11(16)17/h2-6H,7H2,1H3,(H,14,18)(H,16,17)/b3-2-. The average Bonchev–Trinajstić information content (AvgIpc) is 2.42. The number of carboxylic acid groups (broad SMARTS) is 1. The van der Waals surface area contributed by atoms with Crippen molar-refractivity contribution in [3.8, 4) is 5.88 Å². The Morgan fingerprint density at radius 1 is 1.42 bits per heavy atom. The predicted molar refractivity (Wildman–Crippen MR) is 64.9 cm³/mol. The Morgan fingerprint density at radius 3 is 2.79 bits per heavy atom. The molecule has 0 aliphatic carbocycles. The van der Waals surface area contributed by atoms with Gasteiger partial charge in [-0.15, -0.1) is 0 Å². The van der Waals surface area contributed by atoms with Gasteiger partial charge in [-0.25, -0.2) is 9.78 Å². The maximum atomic E-state index is 11.7. The van der Waals surface area contributed by atoms with Crippen LogP contribution in [-0.2, 0) is 9.59 Å². The molecule has 1 rings (SSSR count). The van der Waals surface area contributed by atoms with Crippen molar-refractivity contribution < 1.29 is 24.2 Å². The molecule has 7 heteroatoms. The van der Waals surface area contributed by atoms with Gasteiger partial charge in [0, 0.05) is 23.9 Å². The fraction of sp³-hybridized carbons (Fsp3) is 0.167.